The van der Waals surface area contributed by atoms with Crippen molar-refractivity contribution in [1.82, 2.24) is 25.5 Å². The molecule has 30 heavy (non-hydrogen) atoms. The lowest BCUT2D eigenvalue weighted by atomic mass is 10.0. The van der Waals surface area contributed by atoms with E-state index in [0.717, 1.165) is 11.1 Å². The number of nitrogens with zero attached hydrogens (tertiary/aromatic N) is 4. The first kappa shape index (κ1) is 21.7. The minimum Gasteiger partial charge on any atom is -0.410 e. The number of rotatable bonds is 7. The van der Waals surface area contributed by atoms with Gasteiger partial charge in [-0.2, -0.15) is 4.68 Å². The summed E-state index contributed by atoms with van der Waals surface area (Å²) < 4.78 is 12.2. The summed E-state index contributed by atoms with van der Waals surface area (Å²) in [4.78, 5) is 12.3. The van der Waals surface area contributed by atoms with Gasteiger partial charge in [0, 0.05) is 24.1 Å². The number of nitrogens with one attached hydrogen (secondary N) is 1. The van der Waals surface area contributed by atoms with Crippen LogP contribution in [0.5, 0.6) is 5.75 Å². The van der Waals surface area contributed by atoms with Crippen molar-refractivity contribution in [3.05, 3.63) is 53.3 Å². The highest BCUT2D eigenvalue weighted by atomic mass is 35.5. The van der Waals surface area contributed by atoms with Crippen molar-refractivity contribution in [2.75, 3.05) is 13.7 Å². The van der Waals surface area contributed by atoms with Crippen LogP contribution in [0.3, 0.4) is 0 Å². The van der Waals surface area contributed by atoms with E-state index in [9.17, 15) is 4.79 Å². The van der Waals surface area contributed by atoms with Gasteiger partial charge in [-0.3, -0.25) is 0 Å². The van der Waals surface area contributed by atoms with E-state index in [4.69, 9.17) is 21.1 Å². The van der Waals surface area contributed by atoms with Gasteiger partial charge in [0.05, 0.1) is 18.3 Å². The van der Waals surface area contributed by atoms with Crippen LogP contribution in [0, 0.1) is 0 Å². The van der Waals surface area contributed by atoms with E-state index >= 15 is 0 Å². The van der Waals surface area contributed by atoms with Gasteiger partial charge in [0.2, 0.25) is 0 Å². The molecular weight excluding hydrogens is 406 g/mol. The molecule has 1 unspecified atom stereocenters. The lowest BCUT2D eigenvalue weighted by molar-refractivity contribution is 0.159. The molecule has 2 aromatic carbocycles. The van der Waals surface area contributed by atoms with Crippen LogP contribution in [0.4, 0.5) is 4.79 Å². The summed E-state index contributed by atoms with van der Waals surface area (Å²) in [6, 6.07) is 12.7. The van der Waals surface area contributed by atoms with Gasteiger partial charge in [0.15, 0.2) is 5.82 Å². The van der Waals surface area contributed by atoms with Gasteiger partial charge >= 0.3 is 6.09 Å². The molecule has 0 fully saturated rings. The second-order valence-corrected chi connectivity index (χ2v) is 7.65. The summed E-state index contributed by atoms with van der Waals surface area (Å²) in [5.41, 5.74) is 2.43. The highest BCUT2D eigenvalue weighted by Crippen LogP contribution is 2.30. The van der Waals surface area contributed by atoms with E-state index in [-0.39, 0.29) is 12.0 Å². The minimum atomic E-state index is -0.570. The molecule has 1 N–H and O–H groups in total. The minimum absolute atomic E-state index is 0.113. The van der Waals surface area contributed by atoms with E-state index < -0.39 is 6.09 Å². The van der Waals surface area contributed by atoms with Gasteiger partial charge in [-0.15, -0.1) is 5.10 Å². The number of amides is 1. The lowest BCUT2D eigenvalue weighted by Crippen LogP contribution is -2.37. The lowest BCUT2D eigenvalue weighted by Gasteiger charge is -2.15. The Labute approximate surface area is 180 Å². The van der Waals surface area contributed by atoms with E-state index in [1.165, 1.54) is 0 Å². The molecule has 0 spiro atoms. The second kappa shape index (κ2) is 9.69. The molecule has 0 aliphatic heterocycles. The molecule has 1 heterocycles. The van der Waals surface area contributed by atoms with E-state index in [1.807, 2.05) is 39.0 Å². The summed E-state index contributed by atoms with van der Waals surface area (Å²) in [5.74, 6) is 1.18. The molecule has 1 aromatic heterocycles. The molecule has 0 aliphatic rings. The van der Waals surface area contributed by atoms with E-state index in [1.54, 1.807) is 36.1 Å². The normalized spacial score (nSPS) is 12.1. The van der Waals surface area contributed by atoms with Crippen molar-refractivity contribution < 1.29 is 14.3 Å². The van der Waals surface area contributed by atoms with Crippen LogP contribution < -0.4 is 10.1 Å². The molecule has 1 atom stereocenters. The molecule has 0 aliphatic carbocycles. The van der Waals surface area contributed by atoms with Crippen molar-refractivity contribution in [3.63, 3.8) is 0 Å². The number of tetrazole rings is 1. The zero-order valence-electron chi connectivity index (χ0n) is 17.3. The Morgan fingerprint density at radius 3 is 2.53 bits per heavy atom. The molecule has 0 saturated carbocycles. The summed E-state index contributed by atoms with van der Waals surface area (Å²) in [7, 11) is 1.57. The summed E-state index contributed by atoms with van der Waals surface area (Å²) in [6.07, 6.45) is -0.570. The van der Waals surface area contributed by atoms with Crippen LogP contribution >= 0.6 is 11.6 Å². The SMILES string of the molecule is COCC(C)NC(=O)Oc1cc(-c2ccc(Cl)cc2)cc(-n2nnnc2C(C)C)c1. The first-order valence-electron chi connectivity index (χ1n) is 9.54. The second-order valence-electron chi connectivity index (χ2n) is 7.22. The van der Waals surface area contributed by atoms with Gasteiger partial charge in [0.1, 0.15) is 5.75 Å². The monoisotopic (exact) mass is 429 g/mol. The van der Waals surface area contributed by atoms with Gasteiger partial charge in [-0.05, 0) is 52.7 Å². The third kappa shape index (κ3) is 5.34. The Kier molecular flexibility index (Phi) is 7.02. The number of carbonyl (C=O) groups is 1. The molecule has 1 amide bonds. The van der Waals surface area contributed by atoms with Gasteiger partial charge in [-0.1, -0.05) is 37.6 Å². The van der Waals surface area contributed by atoms with Crippen molar-refractivity contribution in [1.29, 1.82) is 0 Å². The smallest absolute Gasteiger partial charge is 0.410 e. The van der Waals surface area contributed by atoms with Crippen LogP contribution in [0.1, 0.15) is 32.5 Å². The average Bonchev–Trinajstić information content (AvgIpc) is 3.18. The Balaban J connectivity index is 1.99. The number of carbonyl (C=O) groups excluding carboxylic acids is 1. The molecule has 0 saturated heterocycles. The quantitative estimate of drug-likeness (QED) is 0.604. The summed E-state index contributed by atoms with van der Waals surface area (Å²) in [6.45, 7) is 6.23. The van der Waals surface area contributed by atoms with E-state index in [0.29, 0.717) is 28.9 Å². The van der Waals surface area contributed by atoms with Gasteiger partial charge in [0.25, 0.3) is 0 Å². The fourth-order valence-corrected chi connectivity index (χ4v) is 3.07. The maximum Gasteiger partial charge on any atom is 0.412 e. The number of benzene rings is 2. The van der Waals surface area contributed by atoms with Crippen molar-refractivity contribution in [3.8, 4) is 22.6 Å². The molecule has 8 nitrogen and oxygen atoms in total. The number of aromatic nitrogens is 4. The first-order valence-corrected chi connectivity index (χ1v) is 9.92. The highest BCUT2D eigenvalue weighted by molar-refractivity contribution is 6.30. The Bertz CT molecular complexity index is 1000. The molecule has 9 heteroatoms. The molecule has 3 rings (SSSR count). The van der Waals surface area contributed by atoms with Crippen LogP contribution in [0.15, 0.2) is 42.5 Å². The van der Waals surface area contributed by atoms with Crippen LogP contribution in [0.25, 0.3) is 16.8 Å². The topological polar surface area (TPSA) is 91.2 Å². The first-order chi connectivity index (χ1) is 14.4. The van der Waals surface area contributed by atoms with E-state index in [2.05, 4.69) is 20.8 Å². The van der Waals surface area contributed by atoms with Crippen molar-refractivity contribution >= 4 is 17.7 Å². The Morgan fingerprint density at radius 1 is 1.13 bits per heavy atom. The zero-order valence-corrected chi connectivity index (χ0v) is 18.1. The standard InChI is InChI=1S/C21H24ClN5O3/c1-13(2)20-24-25-26-27(20)18-9-16(15-5-7-17(22)8-6-15)10-19(11-18)30-21(28)23-14(3)12-29-4/h5-11,13-14H,12H2,1-4H3,(H,23,28). The molecule has 158 valence electrons. The Hall–Kier alpha value is -2.97. The van der Waals surface area contributed by atoms with Crippen LogP contribution in [-0.2, 0) is 4.74 Å². The fourth-order valence-electron chi connectivity index (χ4n) is 2.94. The highest BCUT2D eigenvalue weighted by Gasteiger charge is 2.16. The number of ether oxygens (including phenoxy) is 2. The maximum atomic E-state index is 12.3. The third-order valence-electron chi connectivity index (χ3n) is 4.31. The van der Waals surface area contributed by atoms with Gasteiger partial charge < -0.3 is 14.8 Å². The average molecular weight is 430 g/mol. The zero-order chi connectivity index (χ0) is 21.7. The molecule has 0 radical (unpaired) electrons. The molecule has 3 aromatic rings. The largest absolute Gasteiger partial charge is 0.412 e. The van der Waals surface area contributed by atoms with Crippen LogP contribution in [-0.4, -0.2) is 46.1 Å². The van der Waals surface area contributed by atoms with Crippen molar-refractivity contribution in [2.24, 2.45) is 0 Å². The predicted octanol–water partition coefficient (Wildman–Crippen LogP) is 4.23. The summed E-state index contributed by atoms with van der Waals surface area (Å²) >= 11 is 6.02. The third-order valence-corrected chi connectivity index (χ3v) is 4.57. The number of hydrogen-bond donors (Lipinski definition) is 1. The maximum absolute atomic E-state index is 12.3. The van der Waals surface area contributed by atoms with Crippen LogP contribution in [0.2, 0.25) is 5.02 Å². The Morgan fingerprint density at radius 2 is 1.87 bits per heavy atom. The fraction of sp³-hybridized carbons (Fsp3) is 0.333. The number of methoxy groups -OCH3 is 1. The number of hydrogen-bond acceptors (Lipinski definition) is 6. The number of halogens is 1. The molecule has 0 bridgehead atoms. The molecular formula is C21H24ClN5O3. The van der Waals surface area contributed by atoms with Gasteiger partial charge in [-0.25, -0.2) is 4.79 Å². The van der Waals surface area contributed by atoms with Crippen molar-refractivity contribution in [2.45, 2.75) is 32.7 Å². The summed E-state index contributed by atoms with van der Waals surface area (Å²) in [5, 5.41) is 15.4. The predicted molar refractivity (Wildman–Crippen MR) is 114 cm³/mol.